The Kier molecular flexibility index (Phi) is 11.3. The molecule has 0 bridgehead atoms. The molecule has 0 saturated heterocycles. The molecule has 0 fully saturated rings. The van der Waals surface area contributed by atoms with Crippen LogP contribution in [0.25, 0.3) is 55.0 Å². The summed E-state index contributed by atoms with van der Waals surface area (Å²) in [7, 11) is -8.50. The molecule has 0 amide bonds. The monoisotopic (exact) mass is 1000 g/mol. The van der Waals surface area contributed by atoms with Gasteiger partial charge in [0, 0.05) is 48.8 Å². The van der Waals surface area contributed by atoms with Gasteiger partial charge in [0.2, 0.25) is 0 Å². The van der Waals surface area contributed by atoms with Gasteiger partial charge in [-0.25, -0.2) is 0 Å². The summed E-state index contributed by atoms with van der Waals surface area (Å²) in [4.78, 5) is 0. The Bertz CT molecular complexity index is 4080. The van der Waals surface area contributed by atoms with E-state index in [1.165, 1.54) is 52.9 Å². The second-order valence-electron chi connectivity index (χ2n) is 20.0. The van der Waals surface area contributed by atoms with Gasteiger partial charge in [0.05, 0.1) is 22.1 Å². The van der Waals surface area contributed by atoms with Gasteiger partial charge in [-0.15, -0.1) is 0 Å². The van der Waals surface area contributed by atoms with E-state index in [1.807, 2.05) is 60.7 Å². The van der Waals surface area contributed by atoms with E-state index in [1.54, 1.807) is 0 Å². The van der Waals surface area contributed by atoms with Crippen LogP contribution < -0.4 is 47.0 Å². The second-order valence-corrected chi connectivity index (χ2v) is 31.0. The molecule has 0 aliphatic rings. The molecule has 11 aromatic carbocycles. The molecule has 354 valence electrons. The number of nitrogens with zero attached hydrogens (tertiary/aromatic N) is 2. The topological polar surface area (TPSA) is 26.9 Å². The Balaban J connectivity index is 1.03. The summed E-state index contributed by atoms with van der Waals surface area (Å²) >= 11 is 0. The first kappa shape index (κ1) is 45.5. The predicted octanol–water partition coefficient (Wildman–Crippen LogP) is 11.7. The van der Waals surface area contributed by atoms with Crippen LogP contribution in [0.15, 0.2) is 285 Å². The number of benzene rings is 11. The van der Waals surface area contributed by atoms with Gasteiger partial charge in [-0.1, -0.05) is 248 Å². The second kappa shape index (κ2) is 18.3. The van der Waals surface area contributed by atoms with Crippen LogP contribution in [-0.2, 0) is 4.57 Å². The van der Waals surface area contributed by atoms with Gasteiger partial charge in [-0.05, 0) is 81.4 Å². The van der Waals surface area contributed by atoms with E-state index in [9.17, 15) is 0 Å². The van der Waals surface area contributed by atoms with E-state index in [-0.39, 0.29) is 0 Å². The fourth-order valence-electron chi connectivity index (χ4n) is 11.9. The zero-order valence-electron chi connectivity index (χ0n) is 41.4. The quantitative estimate of drug-likeness (QED) is 0.0721. The van der Waals surface area contributed by atoms with Crippen LogP contribution in [0.1, 0.15) is 0 Å². The number of para-hydroxylation sites is 2. The minimum absolute atomic E-state index is 0.829. The van der Waals surface area contributed by atoms with Crippen LogP contribution in [-0.4, -0.2) is 25.3 Å². The summed E-state index contributed by atoms with van der Waals surface area (Å²) in [5.41, 5.74) is 6.84. The fourth-order valence-corrected chi connectivity index (χ4v) is 21.7. The molecule has 0 atom stereocenters. The van der Waals surface area contributed by atoms with Crippen LogP contribution in [0.3, 0.4) is 0 Å². The van der Waals surface area contributed by atoms with Gasteiger partial charge >= 0.3 is 0 Å². The minimum atomic E-state index is -3.25. The number of fused-ring (bicyclic) bond motifs is 6. The molecule has 0 aliphatic heterocycles. The normalized spacial score (nSPS) is 12.2. The average molecular weight is 1000 g/mol. The summed E-state index contributed by atoms with van der Waals surface area (Å²) in [5, 5.41) is 15.4. The van der Waals surface area contributed by atoms with Crippen molar-refractivity contribution < 1.29 is 4.57 Å². The molecular weight excluding hydrogens is 948 g/mol. The van der Waals surface area contributed by atoms with Gasteiger partial charge in [0.1, 0.15) is 8.07 Å². The summed E-state index contributed by atoms with van der Waals surface area (Å²) < 4.78 is 20.7. The Labute approximate surface area is 434 Å². The van der Waals surface area contributed by atoms with Gasteiger partial charge in [-0.2, -0.15) is 0 Å². The first-order valence-corrected chi connectivity index (χ1v) is 32.2. The zero-order chi connectivity index (χ0) is 49.9. The van der Waals surface area contributed by atoms with Gasteiger partial charge in [0.15, 0.2) is 15.2 Å². The molecule has 2 aromatic heterocycles. The molecule has 2 heterocycles. The Morgan fingerprint density at radius 1 is 0.284 bits per heavy atom. The average Bonchev–Trinajstić information content (AvgIpc) is 3.99. The third-order valence-corrected chi connectivity index (χ3v) is 27.0. The van der Waals surface area contributed by atoms with E-state index in [0.29, 0.717) is 0 Å². The predicted molar refractivity (Wildman–Crippen MR) is 321 cm³/mol. The molecule has 3 nitrogen and oxygen atoms in total. The lowest BCUT2D eigenvalue weighted by Crippen LogP contribution is -2.74. The van der Waals surface area contributed by atoms with Crippen LogP contribution in [0.4, 0.5) is 0 Å². The van der Waals surface area contributed by atoms with Gasteiger partial charge in [-0.3, -0.25) is 0 Å². The van der Waals surface area contributed by atoms with Crippen molar-refractivity contribution in [2.75, 3.05) is 0 Å². The van der Waals surface area contributed by atoms with Gasteiger partial charge in [0.25, 0.3) is 0 Å². The third-order valence-electron chi connectivity index (χ3n) is 15.6. The first-order chi connectivity index (χ1) is 36.3. The maximum Gasteiger partial charge on any atom is 0.179 e. The van der Waals surface area contributed by atoms with E-state index >= 15 is 4.57 Å². The highest BCUT2D eigenvalue weighted by atomic mass is 31.2. The molecule has 0 aliphatic carbocycles. The number of aromatic nitrogens is 2. The molecule has 0 N–H and O–H groups in total. The highest BCUT2D eigenvalue weighted by molar-refractivity contribution is 7.85. The van der Waals surface area contributed by atoms with Crippen molar-refractivity contribution in [3.8, 4) is 11.4 Å². The molecule has 0 spiro atoms. The molecule has 6 heteroatoms. The maximum absolute atomic E-state index is 15.9. The van der Waals surface area contributed by atoms with Crippen molar-refractivity contribution in [1.82, 2.24) is 9.13 Å². The summed E-state index contributed by atoms with van der Waals surface area (Å²) in [6.45, 7) is 4.99. The Morgan fingerprint density at radius 2 is 0.581 bits per heavy atom. The zero-order valence-corrected chi connectivity index (χ0v) is 44.3. The van der Waals surface area contributed by atoms with E-state index in [4.69, 9.17) is 0 Å². The number of rotatable bonds is 11. The molecular formula is C68H53N2OPSi2. The Morgan fingerprint density at radius 3 is 0.959 bits per heavy atom. The van der Waals surface area contributed by atoms with Crippen molar-refractivity contribution in [1.29, 1.82) is 0 Å². The lowest BCUT2D eigenvalue weighted by Gasteiger charge is -2.34. The minimum Gasteiger partial charge on any atom is -0.309 e. The van der Waals surface area contributed by atoms with Gasteiger partial charge < -0.3 is 13.7 Å². The van der Waals surface area contributed by atoms with Crippen LogP contribution in [0.2, 0.25) is 13.1 Å². The van der Waals surface area contributed by atoms with Crippen molar-refractivity contribution in [3.05, 3.63) is 285 Å². The molecule has 13 rings (SSSR count). The van der Waals surface area contributed by atoms with E-state index in [0.717, 1.165) is 49.1 Å². The largest absolute Gasteiger partial charge is 0.309 e. The molecule has 0 saturated carbocycles. The summed E-state index contributed by atoms with van der Waals surface area (Å²) in [6, 6.07) is 103. The number of hydrogen-bond donors (Lipinski definition) is 0. The SMILES string of the molecule is C[Si](C)(c1ccc2c(c1)c1cc([Si](c3ccccc3)(c3ccccc3)c3ccccc3)ccc1n2-c1ccccc1)c1ccc2c(c1)c1cc(P(=O)(c3ccccc3)c3ccccc3)ccc1n2-c1ccccc1. The van der Waals surface area contributed by atoms with Crippen molar-refractivity contribution in [2.24, 2.45) is 0 Å². The highest BCUT2D eigenvalue weighted by Gasteiger charge is 2.42. The standard InChI is InChI=1S/C68H53N2OPSi2/c1-73(2,58-39-43-66-62(47-58)61-46-54(38-42-65(61)69(66)50-24-10-3-11-25-50)72(71,52-28-14-5-15-29-52)53-30-16-6-17-31-53)59-40-44-67-63(48-59)64-49-60(41-45-68(64)70(67)51-26-12-4-13-27-51)74(55-32-18-7-19-33-55,56-34-20-8-21-35-56)57-36-22-9-23-37-57/h3-49H,1-2H3. The van der Waals surface area contributed by atoms with E-state index < -0.39 is 23.3 Å². The van der Waals surface area contributed by atoms with Crippen LogP contribution in [0, 0.1) is 0 Å². The van der Waals surface area contributed by atoms with Crippen LogP contribution in [0.5, 0.6) is 0 Å². The lowest BCUT2D eigenvalue weighted by molar-refractivity contribution is 0.592. The highest BCUT2D eigenvalue weighted by Crippen LogP contribution is 2.44. The first-order valence-electron chi connectivity index (χ1n) is 25.5. The molecule has 0 unspecified atom stereocenters. The lowest BCUT2D eigenvalue weighted by atomic mass is 10.1. The van der Waals surface area contributed by atoms with E-state index in [2.05, 4.69) is 247 Å². The smallest absolute Gasteiger partial charge is 0.179 e. The molecule has 74 heavy (non-hydrogen) atoms. The Hall–Kier alpha value is -8.32. The van der Waals surface area contributed by atoms with Crippen molar-refractivity contribution >= 4 is 114 Å². The summed E-state index contributed by atoms with van der Waals surface area (Å²) in [5.74, 6) is 0. The van der Waals surface area contributed by atoms with Crippen molar-refractivity contribution in [3.63, 3.8) is 0 Å². The number of hydrogen-bond acceptors (Lipinski definition) is 1. The fraction of sp³-hybridized carbons (Fsp3) is 0.0294. The molecule has 0 radical (unpaired) electrons. The third kappa shape index (κ3) is 7.26. The summed E-state index contributed by atoms with van der Waals surface area (Å²) in [6.07, 6.45) is 0. The van der Waals surface area contributed by atoms with Crippen LogP contribution >= 0.6 is 7.14 Å². The maximum atomic E-state index is 15.9. The van der Waals surface area contributed by atoms with Crippen molar-refractivity contribution in [2.45, 2.75) is 13.1 Å². The molecule has 13 aromatic rings.